The lowest BCUT2D eigenvalue weighted by atomic mass is 9.90. The first kappa shape index (κ1) is 20.5. The van der Waals surface area contributed by atoms with Crippen LogP contribution in [0.2, 0.25) is 0 Å². The predicted octanol–water partition coefficient (Wildman–Crippen LogP) is 5.02. The Morgan fingerprint density at radius 3 is 1.29 bits per heavy atom. The van der Waals surface area contributed by atoms with E-state index in [2.05, 4.69) is 59.9 Å². The lowest BCUT2D eigenvalue weighted by Gasteiger charge is -2.23. The summed E-state index contributed by atoms with van der Waals surface area (Å²) in [7, 11) is 0. The molecular weight excluding hydrogens is 280 g/mol. The molecule has 0 aliphatic heterocycles. The molecule has 122 valence electrons. The quantitative estimate of drug-likeness (QED) is 0.539. The molecule has 0 N–H and O–H groups in total. The number of rotatable bonds is 1. The number of hydrogen-bond acceptors (Lipinski definition) is 2. The Kier molecular flexibility index (Phi) is 6.96. The maximum atomic E-state index is 10.1. The monoisotopic (exact) mass is 312 g/mol. The van der Waals surface area contributed by atoms with Gasteiger partial charge in [-0.25, -0.2) is 4.42 Å². The summed E-state index contributed by atoms with van der Waals surface area (Å²) in [5, 5.41) is 10.1. The molecule has 0 atom stereocenters. The van der Waals surface area contributed by atoms with Crippen LogP contribution in [-0.2, 0) is 10.8 Å². The first-order valence-corrected chi connectivity index (χ1v) is 8.60. The van der Waals surface area contributed by atoms with Crippen molar-refractivity contribution in [1.82, 2.24) is 0 Å². The van der Waals surface area contributed by atoms with Crippen molar-refractivity contribution in [2.24, 2.45) is 0 Å². The predicted molar refractivity (Wildman–Crippen MR) is 92.0 cm³/mol. The second-order valence-electron chi connectivity index (χ2n) is 8.34. The topological polar surface area (TPSA) is 34.4 Å². The first-order chi connectivity index (χ1) is 9.14. The normalized spacial score (nSPS) is 12.7. The molecule has 0 saturated carbocycles. The van der Waals surface area contributed by atoms with E-state index >= 15 is 0 Å². The van der Waals surface area contributed by atoms with Crippen LogP contribution in [0.4, 0.5) is 0 Å². The van der Waals surface area contributed by atoms with Crippen LogP contribution >= 0.6 is 11.8 Å². The van der Waals surface area contributed by atoms with Crippen LogP contribution in [0.15, 0.2) is 21.4 Å². The summed E-state index contributed by atoms with van der Waals surface area (Å²) >= 11 is 1.77. The van der Waals surface area contributed by atoms with Crippen molar-refractivity contribution in [3.05, 3.63) is 23.7 Å². The molecule has 0 unspecified atom stereocenters. The molecule has 2 nitrogen and oxygen atoms in total. The summed E-state index contributed by atoms with van der Waals surface area (Å²) in [5.74, 6) is 2.12. The molecular formula is C18H32O2S. The third-order valence-electron chi connectivity index (χ3n) is 2.48. The van der Waals surface area contributed by atoms with E-state index in [9.17, 15) is 5.11 Å². The van der Waals surface area contributed by atoms with Crippen LogP contribution < -0.4 is 5.11 Å². The van der Waals surface area contributed by atoms with Gasteiger partial charge < -0.3 is 5.11 Å². The van der Waals surface area contributed by atoms with Gasteiger partial charge in [0.15, 0.2) is 0 Å². The third kappa shape index (κ3) is 9.15. The van der Waals surface area contributed by atoms with E-state index in [1.54, 1.807) is 32.5 Å². The van der Waals surface area contributed by atoms with Gasteiger partial charge in [0.05, 0.1) is 23.0 Å². The molecule has 0 spiro atoms. The van der Waals surface area contributed by atoms with Gasteiger partial charge in [-0.15, -0.1) is 17.4 Å². The van der Waals surface area contributed by atoms with Gasteiger partial charge in [-0.2, -0.15) is 0 Å². The zero-order valence-electron chi connectivity index (χ0n) is 15.4. The van der Waals surface area contributed by atoms with Gasteiger partial charge in [-0.3, -0.25) is 0 Å². The average Bonchev–Trinajstić information content (AvgIpc) is 2.23. The molecule has 0 amide bonds. The fourth-order valence-electron chi connectivity index (χ4n) is 1.33. The smallest absolute Gasteiger partial charge is 0.335 e. The van der Waals surface area contributed by atoms with Crippen molar-refractivity contribution in [3.63, 3.8) is 0 Å². The van der Waals surface area contributed by atoms with Crippen molar-refractivity contribution in [1.29, 1.82) is 0 Å². The van der Waals surface area contributed by atoms with Gasteiger partial charge in [0.25, 0.3) is 0 Å². The molecule has 1 rings (SSSR count). The van der Waals surface area contributed by atoms with Gasteiger partial charge in [-0.1, -0.05) is 20.8 Å². The highest BCUT2D eigenvalue weighted by atomic mass is 32.2. The Balaban J connectivity index is 0.000000690. The molecule has 1 heterocycles. The van der Waals surface area contributed by atoms with Gasteiger partial charge in [0, 0.05) is 4.90 Å². The number of thioether (sulfide) groups is 1. The maximum Gasteiger partial charge on any atom is 0.335 e. The van der Waals surface area contributed by atoms with Crippen molar-refractivity contribution in [3.8, 4) is 0 Å². The van der Waals surface area contributed by atoms with Crippen molar-refractivity contribution >= 4 is 11.8 Å². The second kappa shape index (κ2) is 7.15. The van der Waals surface area contributed by atoms with Crippen molar-refractivity contribution in [2.75, 3.05) is 6.26 Å². The van der Waals surface area contributed by atoms with Gasteiger partial charge in [0.1, 0.15) is 0 Å². The van der Waals surface area contributed by atoms with E-state index in [0.29, 0.717) is 0 Å². The molecule has 0 aromatic carbocycles. The molecule has 0 saturated heterocycles. The molecule has 0 fully saturated rings. The Morgan fingerprint density at radius 2 is 1.10 bits per heavy atom. The summed E-state index contributed by atoms with van der Waals surface area (Å²) in [6, 6.07) is 4.31. The van der Waals surface area contributed by atoms with Gasteiger partial charge in [-0.05, 0) is 47.8 Å². The van der Waals surface area contributed by atoms with Crippen LogP contribution in [0.3, 0.4) is 0 Å². The maximum absolute atomic E-state index is 10.1. The summed E-state index contributed by atoms with van der Waals surface area (Å²) < 4.78 is 6.04. The van der Waals surface area contributed by atoms with E-state index < -0.39 is 5.60 Å². The highest BCUT2D eigenvalue weighted by Gasteiger charge is 2.33. The van der Waals surface area contributed by atoms with Crippen LogP contribution in [0.1, 0.15) is 73.8 Å². The van der Waals surface area contributed by atoms with Gasteiger partial charge in [0.2, 0.25) is 0 Å². The van der Waals surface area contributed by atoms with Gasteiger partial charge >= 0.3 is 11.5 Å². The van der Waals surface area contributed by atoms with E-state index in [-0.39, 0.29) is 10.8 Å². The van der Waals surface area contributed by atoms with E-state index in [0.717, 1.165) is 11.5 Å². The highest BCUT2D eigenvalue weighted by molar-refractivity contribution is 7.98. The van der Waals surface area contributed by atoms with E-state index in [1.807, 2.05) is 0 Å². The zero-order chi connectivity index (χ0) is 17.1. The summed E-state index contributed by atoms with van der Waals surface area (Å²) in [4.78, 5) is 1.28. The van der Waals surface area contributed by atoms with E-state index in [4.69, 9.17) is 4.42 Å². The summed E-state index contributed by atoms with van der Waals surface area (Å²) in [6.07, 6.45) is 2.11. The minimum Gasteiger partial charge on any atom is -0.850 e. The molecule has 0 radical (unpaired) electrons. The first-order valence-electron chi connectivity index (χ1n) is 7.38. The summed E-state index contributed by atoms with van der Waals surface area (Å²) in [5.41, 5.74) is -0.628. The molecule has 1 aromatic heterocycles. The molecule has 3 heteroatoms. The summed E-state index contributed by atoms with van der Waals surface area (Å²) in [6.45, 7) is 18.0. The molecule has 1 aromatic rings. The van der Waals surface area contributed by atoms with Crippen LogP contribution in [0.5, 0.6) is 0 Å². The fourth-order valence-corrected chi connectivity index (χ4v) is 1.78. The van der Waals surface area contributed by atoms with Crippen LogP contribution in [0.25, 0.3) is 0 Å². The van der Waals surface area contributed by atoms with E-state index in [1.165, 1.54) is 4.90 Å². The Bertz CT molecular complexity index is 408. The lowest BCUT2D eigenvalue weighted by molar-refractivity contribution is -0.458. The fraction of sp³-hybridized carbons (Fsp3) is 0.722. The van der Waals surface area contributed by atoms with Crippen LogP contribution in [-0.4, -0.2) is 11.9 Å². The standard InChI is InChI=1S/C14H23OS.C4H9O/c1-13(2,3)11-8-10(16-7)9-12(15-11)14(4,5)6;1-4(2,3)5/h8-9H,1-7H3;1-3H3/q+1;-1. The highest BCUT2D eigenvalue weighted by Crippen LogP contribution is 2.32. The third-order valence-corrected chi connectivity index (χ3v) is 3.19. The molecule has 21 heavy (non-hydrogen) atoms. The molecule has 0 aliphatic rings. The Labute approximate surface area is 135 Å². The Morgan fingerprint density at radius 1 is 0.810 bits per heavy atom. The number of hydrogen-bond donors (Lipinski definition) is 0. The zero-order valence-corrected chi connectivity index (χ0v) is 16.2. The minimum atomic E-state index is -0.750. The van der Waals surface area contributed by atoms with Crippen molar-refractivity contribution in [2.45, 2.75) is 83.6 Å². The molecule has 0 bridgehead atoms. The Hall–Kier alpha value is -0.540. The largest absolute Gasteiger partial charge is 0.850 e. The average molecular weight is 313 g/mol. The van der Waals surface area contributed by atoms with Crippen molar-refractivity contribution < 1.29 is 9.52 Å². The molecule has 0 aliphatic carbocycles. The van der Waals surface area contributed by atoms with Crippen LogP contribution in [0, 0.1) is 0 Å². The minimum absolute atomic E-state index is 0.0613. The SMILES string of the molecule is CC(C)(C)[O-].CSc1cc(C(C)(C)C)[o+]c(C(C)(C)C)c1. The second-order valence-corrected chi connectivity index (χ2v) is 9.22. The lowest BCUT2D eigenvalue weighted by Crippen LogP contribution is -2.31.